The third-order valence-corrected chi connectivity index (χ3v) is 6.55. The lowest BCUT2D eigenvalue weighted by Gasteiger charge is -2.13. The standard InChI is InChI=1S/C23H17Cl2F2N3OS/c1-31-15-10-8-14(9-11-15)22-28-29-23(32-13-17-19(25)5-3-7-21(17)27)30(22)12-16-18(24)4-2-6-20(16)26/h2-11H,12-13H2,1H3. The fraction of sp³-hybridized carbons (Fsp3) is 0.130. The van der Waals surface area contributed by atoms with E-state index < -0.39 is 11.6 Å². The molecule has 3 aromatic carbocycles. The Morgan fingerprint density at radius 2 is 1.50 bits per heavy atom. The summed E-state index contributed by atoms with van der Waals surface area (Å²) in [6.07, 6.45) is 0. The van der Waals surface area contributed by atoms with E-state index >= 15 is 0 Å². The minimum atomic E-state index is -0.431. The Morgan fingerprint density at radius 3 is 2.09 bits per heavy atom. The van der Waals surface area contributed by atoms with Gasteiger partial charge in [0.25, 0.3) is 0 Å². The summed E-state index contributed by atoms with van der Waals surface area (Å²) in [5, 5.41) is 9.70. The zero-order valence-corrected chi connectivity index (χ0v) is 19.2. The van der Waals surface area contributed by atoms with Crippen LogP contribution in [-0.4, -0.2) is 21.9 Å². The molecule has 0 spiro atoms. The van der Waals surface area contributed by atoms with Crippen LogP contribution in [0.4, 0.5) is 8.78 Å². The summed E-state index contributed by atoms with van der Waals surface area (Å²) < 4.78 is 35.7. The van der Waals surface area contributed by atoms with Gasteiger partial charge in [0.2, 0.25) is 0 Å². The Hall–Kier alpha value is -2.61. The molecule has 0 saturated heterocycles. The first kappa shape index (κ1) is 22.6. The van der Waals surface area contributed by atoms with E-state index in [0.29, 0.717) is 37.9 Å². The molecule has 4 aromatic rings. The van der Waals surface area contributed by atoms with E-state index in [-0.39, 0.29) is 12.3 Å². The first-order valence-corrected chi connectivity index (χ1v) is 11.3. The van der Waals surface area contributed by atoms with Gasteiger partial charge in [-0.25, -0.2) is 8.78 Å². The third kappa shape index (κ3) is 4.75. The number of hydrogen-bond acceptors (Lipinski definition) is 4. The molecule has 164 valence electrons. The number of halogens is 4. The highest BCUT2D eigenvalue weighted by Crippen LogP contribution is 2.32. The Kier molecular flexibility index (Phi) is 6.98. The van der Waals surface area contributed by atoms with Gasteiger partial charge < -0.3 is 4.74 Å². The van der Waals surface area contributed by atoms with Gasteiger partial charge in [-0.2, -0.15) is 0 Å². The summed E-state index contributed by atoms with van der Waals surface area (Å²) in [4.78, 5) is 0. The van der Waals surface area contributed by atoms with Gasteiger partial charge in [0.15, 0.2) is 11.0 Å². The summed E-state index contributed by atoms with van der Waals surface area (Å²) >= 11 is 13.7. The predicted octanol–water partition coefficient (Wildman–Crippen LogP) is 6.88. The molecule has 0 atom stereocenters. The molecular formula is C23H17Cl2F2N3OS. The maximum Gasteiger partial charge on any atom is 0.192 e. The molecule has 0 unspecified atom stereocenters. The van der Waals surface area contributed by atoms with Crippen LogP contribution >= 0.6 is 35.0 Å². The predicted molar refractivity (Wildman–Crippen MR) is 123 cm³/mol. The van der Waals surface area contributed by atoms with Crippen LogP contribution in [0, 0.1) is 11.6 Å². The van der Waals surface area contributed by atoms with Crippen molar-refractivity contribution in [1.29, 1.82) is 0 Å². The monoisotopic (exact) mass is 491 g/mol. The van der Waals surface area contributed by atoms with Gasteiger partial charge in [-0.3, -0.25) is 4.57 Å². The summed E-state index contributed by atoms with van der Waals surface area (Å²) in [6.45, 7) is 0.104. The van der Waals surface area contributed by atoms with Gasteiger partial charge in [-0.1, -0.05) is 47.1 Å². The Morgan fingerprint density at radius 1 is 0.875 bits per heavy atom. The number of ether oxygens (including phenoxy) is 1. The minimum absolute atomic E-state index is 0.104. The summed E-state index contributed by atoms with van der Waals surface area (Å²) in [5.74, 6) is 0.621. The number of rotatable bonds is 7. The van der Waals surface area contributed by atoms with Gasteiger partial charge in [0.1, 0.15) is 17.4 Å². The molecule has 0 N–H and O–H groups in total. The highest BCUT2D eigenvalue weighted by Gasteiger charge is 2.19. The molecule has 0 saturated carbocycles. The van der Waals surface area contributed by atoms with Gasteiger partial charge in [-0.05, 0) is 48.5 Å². The van der Waals surface area contributed by atoms with Gasteiger partial charge in [-0.15, -0.1) is 10.2 Å². The van der Waals surface area contributed by atoms with Crippen molar-refractivity contribution < 1.29 is 13.5 Å². The largest absolute Gasteiger partial charge is 0.497 e. The van der Waals surface area contributed by atoms with Crippen molar-refractivity contribution in [2.45, 2.75) is 17.5 Å². The summed E-state index contributed by atoms with van der Waals surface area (Å²) in [6, 6.07) is 16.3. The average molecular weight is 492 g/mol. The number of methoxy groups -OCH3 is 1. The van der Waals surface area contributed by atoms with Gasteiger partial charge >= 0.3 is 0 Å². The molecule has 4 rings (SSSR count). The van der Waals surface area contributed by atoms with Gasteiger partial charge in [0, 0.05) is 32.5 Å². The summed E-state index contributed by atoms with van der Waals surface area (Å²) in [7, 11) is 1.58. The second kappa shape index (κ2) is 9.90. The van der Waals surface area contributed by atoms with E-state index in [9.17, 15) is 8.78 Å². The van der Waals surface area contributed by atoms with Crippen LogP contribution in [0.25, 0.3) is 11.4 Å². The molecule has 1 heterocycles. The minimum Gasteiger partial charge on any atom is -0.497 e. The molecule has 9 heteroatoms. The van der Waals surface area contributed by atoms with E-state index in [1.165, 1.54) is 23.9 Å². The Labute approximate surface area is 198 Å². The number of hydrogen-bond donors (Lipinski definition) is 0. The quantitative estimate of drug-likeness (QED) is 0.264. The van der Waals surface area contributed by atoms with E-state index in [2.05, 4.69) is 10.2 Å². The zero-order valence-electron chi connectivity index (χ0n) is 16.9. The first-order valence-electron chi connectivity index (χ1n) is 9.54. The molecule has 0 fully saturated rings. The topological polar surface area (TPSA) is 39.9 Å². The molecular weight excluding hydrogens is 475 g/mol. The number of benzene rings is 3. The van der Waals surface area contributed by atoms with Crippen LogP contribution in [0.3, 0.4) is 0 Å². The van der Waals surface area contributed by atoms with Crippen LogP contribution < -0.4 is 4.74 Å². The maximum absolute atomic E-state index is 14.5. The van der Waals surface area contributed by atoms with Crippen LogP contribution in [0.2, 0.25) is 10.0 Å². The number of aromatic nitrogens is 3. The smallest absolute Gasteiger partial charge is 0.192 e. The van der Waals surface area contributed by atoms with Crippen molar-refractivity contribution in [2.75, 3.05) is 7.11 Å². The lowest BCUT2D eigenvalue weighted by molar-refractivity contribution is 0.415. The lowest BCUT2D eigenvalue weighted by atomic mass is 10.2. The van der Waals surface area contributed by atoms with Crippen molar-refractivity contribution >= 4 is 35.0 Å². The lowest BCUT2D eigenvalue weighted by Crippen LogP contribution is -2.07. The van der Waals surface area contributed by atoms with Crippen LogP contribution in [0.5, 0.6) is 5.75 Å². The molecule has 0 amide bonds. The van der Waals surface area contributed by atoms with E-state index in [1.54, 1.807) is 48.1 Å². The van der Waals surface area contributed by atoms with Crippen molar-refractivity contribution in [3.8, 4) is 17.1 Å². The van der Waals surface area contributed by atoms with Crippen molar-refractivity contribution in [3.05, 3.63) is 93.5 Å². The fourth-order valence-electron chi connectivity index (χ4n) is 3.14. The highest BCUT2D eigenvalue weighted by molar-refractivity contribution is 7.98. The van der Waals surface area contributed by atoms with E-state index in [4.69, 9.17) is 27.9 Å². The number of nitrogens with zero attached hydrogens (tertiary/aromatic N) is 3. The normalized spacial score (nSPS) is 11.0. The molecule has 0 aliphatic carbocycles. The average Bonchev–Trinajstić information content (AvgIpc) is 3.18. The highest BCUT2D eigenvalue weighted by atomic mass is 35.5. The second-order valence-electron chi connectivity index (χ2n) is 6.81. The first-order chi connectivity index (χ1) is 15.5. The molecule has 0 bridgehead atoms. The van der Waals surface area contributed by atoms with E-state index in [1.807, 2.05) is 12.1 Å². The molecule has 32 heavy (non-hydrogen) atoms. The van der Waals surface area contributed by atoms with Crippen molar-refractivity contribution in [2.24, 2.45) is 0 Å². The van der Waals surface area contributed by atoms with Crippen LogP contribution in [0.15, 0.2) is 65.8 Å². The van der Waals surface area contributed by atoms with Crippen LogP contribution in [-0.2, 0) is 12.3 Å². The number of thioether (sulfide) groups is 1. The Balaban J connectivity index is 1.73. The maximum atomic E-state index is 14.5. The Bertz CT molecular complexity index is 1210. The molecule has 1 aromatic heterocycles. The van der Waals surface area contributed by atoms with Gasteiger partial charge in [0.05, 0.1) is 13.7 Å². The van der Waals surface area contributed by atoms with Crippen molar-refractivity contribution in [1.82, 2.24) is 14.8 Å². The molecule has 0 radical (unpaired) electrons. The van der Waals surface area contributed by atoms with Crippen LogP contribution in [0.1, 0.15) is 11.1 Å². The second-order valence-corrected chi connectivity index (χ2v) is 8.57. The van der Waals surface area contributed by atoms with Crippen molar-refractivity contribution in [3.63, 3.8) is 0 Å². The zero-order chi connectivity index (χ0) is 22.7. The third-order valence-electron chi connectivity index (χ3n) is 4.85. The SMILES string of the molecule is COc1ccc(-c2nnc(SCc3c(F)cccc3Cl)n2Cc2c(F)cccc2Cl)cc1. The van der Waals surface area contributed by atoms with E-state index in [0.717, 1.165) is 5.56 Å². The molecule has 0 aliphatic rings. The molecule has 4 nitrogen and oxygen atoms in total. The summed E-state index contributed by atoms with van der Waals surface area (Å²) in [5.41, 5.74) is 1.44. The molecule has 0 aliphatic heterocycles. The fourth-order valence-corrected chi connectivity index (χ4v) is 4.64.